The highest BCUT2D eigenvalue weighted by atomic mass is 32.2. The second kappa shape index (κ2) is 12.3. The van der Waals surface area contributed by atoms with E-state index in [1.165, 1.54) is 25.7 Å². The molecular weight excluding hydrogens is 552 g/mol. The van der Waals surface area contributed by atoms with Gasteiger partial charge in [0.1, 0.15) is 5.60 Å². The highest BCUT2D eigenvalue weighted by Crippen LogP contribution is 2.47. The summed E-state index contributed by atoms with van der Waals surface area (Å²) in [6.45, 7) is 11.5. The van der Waals surface area contributed by atoms with Gasteiger partial charge in [-0.05, 0) is 90.9 Å². The zero-order valence-electron chi connectivity index (χ0n) is 25.9. The van der Waals surface area contributed by atoms with Crippen molar-refractivity contribution in [2.24, 2.45) is 22.7 Å². The standard InChI is InChI=1S/C32H48N4O5S/c1-30(2,3)41-29(39)33-13-16-40-31(4)12-6-7-24(20-31)26(37)36-14-10-21(11-15-36)19-32(5)27(38)35-28(42-32)34-25-18-22-8-9-23(25)17-22/h6-7,12,21-23,25H,8-11,13-20H2,1-5H3,(H,33,39)(H,34,35,38)/t22?,23?,25-,31?,32?/m0/s1. The number of thioether (sulfide) groups is 1. The van der Waals surface area contributed by atoms with Crippen LogP contribution in [0.5, 0.6) is 0 Å². The summed E-state index contributed by atoms with van der Waals surface area (Å²) in [7, 11) is 0. The van der Waals surface area contributed by atoms with E-state index in [0.29, 0.717) is 50.5 Å². The molecule has 2 saturated carbocycles. The number of piperidine rings is 1. The van der Waals surface area contributed by atoms with Crippen LogP contribution in [-0.2, 0) is 19.1 Å². The fourth-order valence-corrected chi connectivity index (χ4v) is 8.40. The topological polar surface area (TPSA) is 109 Å². The number of alkyl carbamates (subject to hydrolysis) is 1. The molecule has 4 unspecified atom stereocenters. The molecule has 3 amide bonds. The fraction of sp³-hybridized carbons (Fsp3) is 0.750. The van der Waals surface area contributed by atoms with Gasteiger partial charge in [0.25, 0.3) is 0 Å². The Morgan fingerprint density at radius 2 is 1.93 bits per heavy atom. The summed E-state index contributed by atoms with van der Waals surface area (Å²) in [5.41, 5.74) is -0.434. The number of hydrogen-bond acceptors (Lipinski definition) is 7. The number of carbonyl (C=O) groups is 3. The van der Waals surface area contributed by atoms with Crippen molar-refractivity contribution in [1.29, 1.82) is 0 Å². The van der Waals surface area contributed by atoms with Crippen LogP contribution in [0.4, 0.5) is 4.79 Å². The largest absolute Gasteiger partial charge is 0.444 e. The minimum Gasteiger partial charge on any atom is -0.444 e. The second-order valence-corrected chi connectivity index (χ2v) is 15.7. The highest BCUT2D eigenvalue weighted by Gasteiger charge is 2.46. The SMILES string of the molecule is CC(C)(C)OC(=O)NCCOC1(C)C=CC=C(C(=O)N2CCC(CC3(C)SC(=N[C@H]4CC5CCC4C5)NC3=O)CC2)C1. The molecule has 2 N–H and O–H groups in total. The van der Waals surface area contributed by atoms with Crippen molar-refractivity contribution in [3.05, 3.63) is 23.8 Å². The first-order chi connectivity index (χ1) is 19.8. The number of amidine groups is 1. The molecule has 2 bridgehead atoms. The number of rotatable bonds is 8. The van der Waals surface area contributed by atoms with E-state index in [9.17, 15) is 14.4 Å². The minimum atomic E-state index is -0.618. The summed E-state index contributed by atoms with van der Waals surface area (Å²) in [5, 5.41) is 6.61. The normalized spacial score (nSPS) is 34.1. The number of fused-ring (bicyclic) bond motifs is 2. The summed E-state index contributed by atoms with van der Waals surface area (Å²) >= 11 is 1.62. The Morgan fingerprint density at radius 1 is 1.17 bits per heavy atom. The summed E-state index contributed by atoms with van der Waals surface area (Å²) < 4.78 is 10.8. The maximum absolute atomic E-state index is 13.4. The first-order valence-corrected chi connectivity index (χ1v) is 16.5. The van der Waals surface area contributed by atoms with E-state index in [2.05, 4.69) is 17.6 Å². The maximum Gasteiger partial charge on any atom is 0.407 e. The monoisotopic (exact) mass is 600 g/mol. The van der Waals surface area contributed by atoms with Gasteiger partial charge in [-0.25, -0.2) is 4.79 Å². The van der Waals surface area contributed by atoms with Crippen LogP contribution in [0, 0.1) is 17.8 Å². The molecule has 3 aliphatic carbocycles. The number of ether oxygens (including phenoxy) is 2. The van der Waals surface area contributed by atoms with Crippen molar-refractivity contribution in [2.45, 2.75) is 108 Å². The zero-order valence-corrected chi connectivity index (χ0v) is 26.7. The molecule has 2 saturated heterocycles. The van der Waals surface area contributed by atoms with E-state index in [1.54, 1.807) is 11.8 Å². The van der Waals surface area contributed by atoms with E-state index in [1.807, 2.05) is 50.8 Å². The number of likely N-dealkylation sites (tertiary alicyclic amines) is 1. The smallest absolute Gasteiger partial charge is 0.407 e. The van der Waals surface area contributed by atoms with E-state index < -0.39 is 22.0 Å². The maximum atomic E-state index is 13.4. The summed E-state index contributed by atoms with van der Waals surface area (Å²) in [6.07, 6.45) is 13.4. The third-order valence-electron chi connectivity index (χ3n) is 9.35. The molecule has 0 aromatic heterocycles. The molecule has 2 heterocycles. The minimum absolute atomic E-state index is 0.0546. The number of carbonyl (C=O) groups excluding carboxylic acids is 3. The lowest BCUT2D eigenvalue weighted by molar-refractivity contribution is -0.129. The molecule has 9 nitrogen and oxygen atoms in total. The van der Waals surface area contributed by atoms with Crippen LogP contribution in [0.3, 0.4) is 0 Å². The molecule has 0 radical (unpaired) electrons. The molecule has 5 atom stereocenters. The number of aliphatic imine (C=N–C) groups is 1. The van der Waals surface area contributed by atoms with Crippen LogP contribution >= 0.6 is 11.8 Å². The Labute approximate surface area is 254 Å². The average molecular weight is 601 g/mol. The summed E-state index contributed by atoms with van der Waals surface area (Å²) in [4.78, 5) is 45.2. The van der Waals surface area contributed by atoms with Crippen LogP contribution in [-0.4, -0.2) is 76.2 Å². The Balaban J connectivity index is 1.05. The number of nitrogens with one attached hydrogen (secondary N) is 2. The molecular formula is C32H48N4O5S. The zero-order chi connectivity index (χ0) is 30.1. The van der Waals surface area contributed by atoms with E-state index in [0.717, 1.165) is 35.9 Å². The molecule has 5 aliphatic rings. The van der Waals surface area contributed by atoms with Gasteiger partial charge in [0, 0.05) is 31.6 Å². The Kier molecular flexibility index (Phi) is 9.14. The molecule has 0 aromatic carbocycles. The number of nitrogens with zero attached hydrogens (tertiary/aromatic N) is 2. The van der Waals surface area contributed by atoms with Gasteiger partial charge in [-0.3, -0.25) is 14.6 Å². The summed E-state index contributed by atoms with van der Waals surface area (Å²) in [5.74, 6) is 2.06. The first kappa shape index (κ1) is 31.1. The Morgan fingerprint density at radius 3 is 2.60 bits per heavy atom. The van der Waals surface area contributed by atoms with Gasteiger partial charge >= 0.3 is 6.09 Å². The Hall–Kier alpha value is -2.33. The number of allylic oxidation sites excluding steroid dienone is 2. The molecule has 0 spiro atoms. The molecule has 0 aromatic rings. The van der Waals surface area contributed by atoms with Crippen molar-refractivity contribution in [3.8, 4) is 0 Å². The van der Waals surface area contributed by atoms with Gasteiger partial charge in [-0.1, -0.05) is 36.4 Å². The fourth-order valence-electron chi connectivity index (χ4n) is 7.18. The lowest BCUT2D eigenvalue weighted by atomic mass is 9.86. The van der Waals surface area contributed by atoms with Crippen LogP contribution in [0.2, 0.25) is 0 Å². The number of hydrogen-bond donors (Lipinski definition) is 2. The molecule has 232 valence electrons. The quantitative estimate of drug-likeness (QED) is 0.381. The van der Waals surface area contributed by atoms with Crippen molar-refractivity contribution in [3.63, 3.8) is 0 Å². The van der Waals surface area contributed by atoms with E-state index >= 15 is 0 Å². The third-order valence-corrected chi connectivity index (χ3v) is 10.6. The summed E-state index contributed by atoms with van der Waals surface area (Å²) in [6, 6.07) is 0.383. The Bertz CT molecular complexity index is 1150. The molecule has 4 fully saturated rings. The lowest BCUT2D eigenvalue weighted by Crippen LogP contribution is -2.43. The van der Waals surface area contributed by atoms with Crippen molar-refractivity contribution < 1.29 is 23.9 Å². The molecule has 2 aliphatic heterocycles. The van der Waals surface area contributed by atoms with Crippen molar-refractivity contribution >= 4 is 34.8 Å². The van der Waals surface area contributed by atoms with Gasteiger partial charge in [0.2, 0.25) is 11.8 Å². The molecule has 5 rings (SSSR count). The molecule has 42 heavy (non-hydrogen) atoms. The van der Waals surface area contributed by atoms with Crippen molar-refractivity contribution in [1.82, 2.24) is 15.5 Å². The van der Waals surface area contributed by atoms with Gasteiger partial charge in [-0.2, -0.15) is 0 Å². The highest BCUT2D eigenvalue weighted by molar-refractivity contribution is 8.16. The second-order valence-electron chi connectivity index (χ2n) is 14.2. The van der Waals surface area contributed by atoms with Crippen LogP contribution < -0.4 is 10.6 Å². The van der Waals surface area contributed by atoms with Crippen LogP contribution in [0.15, 0.2) is 28.8 Å². The first-order valence-electron chi connectivity index (χ1n) is 15.7. The van der Waals surface area contributed by atoms with E-state index in [4.69, 9.17) is 14.5 Å². The van der Waals surface area contributed by atoms with Crippen LogP contribution in [0.1, 0.15) is 86.0 Å². The van der Waals surface area contributed by atoms with Gasteiger partial charge in [0.05, 0.1) is 23.0 Å². The lowest BCUT2D eigenvalue weighted by Gasteiger charge is -2.36. The van der Waals surface area contributed by atoms with Gasteiger partial charge in [-0.15, -0.1) is 0 Å². The number of amides is 3. The van der Waals surface area contributed by atoms with Gasteiger partial charge in [0.15, 0.2) is 5.17 Å². The van der Waals surface area contributed by atoms with E-state index in [-0.39, 0.29) is 11.8 Å². The van der Waals surface area contributed by atoms with Crippen molar-refractivity contribution in [2.75, 3.05) is 26.2 Å². The predicted octanol–water partition coefficient (Wildman–Crippen LogP) is 4.97. The average Bonchev–Trinajstić information content (AvgIpc) is 3.60. The molecule has 10 heteroatoms. The van der Waals surface area contributed by atoms with Gasteiger partial charge < -0.3 is 25.0 Å². The predicted molar refractivity (Wildman–Crippen MR) is 165 cm³/mol. The third kappa shape index (κ3) is 7.59. The van der Waals surface area contributed by atoms with Crippen LogP contribution in [0.25, 0.3) is 0 Å².